The topological polar surface area (TPSA) is 41.5 Å². The van der Waals surface area contributed by atoms with Crippen LogP contribution in [0.2, 0.25) is 15.1 Å². The predicted octanol–water partition coefficient (Wildman–Crippen LogP) is 5.93. The maximum atomic E-state index is 12.3. The van der Waals surface area contributed by atoms with E-state index in [9.17, 15) is 4.79 Å². The van der Waals surface area contributed by atoms with Gasteiger partial charge >= 0.3 is 0 Å². The lowest BCUT2D eigenvalue weighted by atomic mass is 10.2. The largest absolute Gasteiger partial charge is 0.283 e. The van der Waals surface area contributed by atoms with Gasteiger partial charge in [-0.1, -0.05) is 59.1 Å². The van der Waals surface area contributed by atoms with Crippen molar-refractivity contribution < 1.29 is 4.79 Å². The smallest absolute Gasteiger partial charge is 0.266 e. The van der Waals surface area contributed by atoms with Crippen LogP contribution >= 0.6 is 46.1 Å². The van der Waals surface area contributed by atoms with E-state index >= 15 is 0 Å². The third-order valence-electron chi connectivity index (χ3n) is 3.34. The monoisotopic (exact) mass is 396 g/mol. The fourth-order valence-corrected chi connectivity index (χ4v) is 4.01. The first-order valence-corrected chi connectivity index (χ1v) is 8.88. The number of carbonyl (C=O) groups excluding carboxylic acids is 1. The fourth-order valence-electron chi connectivity index (χ4n) is 2.15. The second-order valence-electron chi connectivity index (χ2n) is 5.09. The molecule has 0 saturated carbocycles. The Balaban J connectivity index is 1.81. The molecule has 0 radical (unpaired) electrons. The Kier molecular flexibility index (Phi) is 5.11. The highest BCUT2D eigenvalue weighted by Gasteiger charge is 2.16. The summed E-state index contributed by atoms with van der Waals surface area (Å²) < 4.78 is 0.965. The molecule has 0 bridgehead atoms. The second kappa shape index (κ2) is 7.11. The van der Waals surface area contributed by atoms with E-state index in [1.165, 1.54) is 17.6 Å². The van der Waals surface area contributed by atoms with Crippen molar-refractivity contribution in [3.63, 3.8) is 0 Å². The van der Waals surface area contributed by atoms with Crippen LogP contribution < -0.4 is 5.43 Å². The number of fused-ring (bicyclic) bond motifs is 1. The van der Waals surface area contributed by atoms with E-state index in [2.05, 4.69) is 10.5 Å². The van der Waals surface area contributed by atoms with Crippen LogP contribution in [-0.2, 0) is 0 Å². The fraction of sp³-hybridized carbons (Fsp3) is 0.0588. The summed E-state index contributed by atoms with van der Waals surface area (Å²) >= 11 is 19.6. The van der Waals surface area contributed by atoms with Crippen molar-refractivity contribution in [2.45, 2.75) is 6.92 Å². The molecule has 1 heterocycles. The minimum atomic E-state index is -0.367. The molecule has 3 nitrogen and oxygen atoms in total. The van der Waals surface area contributed by atoms with Gasteiger partial charge < -0.3 is 0 Å². The number of hydrogen-bond acceptors (Lipinski definition) is 3. The number of thiophene rings is 1. The zero-order chi connectivity index (χ0) is 17.3. The van der Waals surface area contributed by atoms with Crippen LogP contribution in [0.1, 0.15) is 20.8 Å². The molecule has 3 aromatic rings. The lowest BCUT2D eigenvalue weighted by Crippen LogP contribution is -2.16. The maximum absolute atomic E-state index is 12.3. The number of nitrogens with zero attached hydrogens (tertiary/aromatic N) is 1. The molecule has 0 aliphatic carbocycles. The molecule has 0 aliphatic heterocycles. The lowest BCUT2D eigenvalue weighted by Gasteiger charge is -2.00. The SMILES string of the molecule is Cc1ccc2c(Cl)c(C(=O)N/N=C/c3cccc(Cl)c3Cl)sc2c1. The minimum absolute atomic E-state index is 0.367. The minimum Gasteiger partial charge on any atom is -0.266 e. The number of hydrazone groups is 1. The third kappa shape index (κ3) is 3.42. The van der Waals surface area contributed by atoms with Crippen LogP contribution in [0.15, 0.2) is 41.5 Å². The van der Waals surface area contributed by atoms with Crippen LogP contribution in [0.25, 0.3) is 10.1 Å². The van der Waals surface area contributed by atoms with Gasteiger partial charge in [0.1, 0.15) is 4.88 Å². The summed E-state index contributed by atoms with van der Waals surface area (Å²) in [6.07, 6.45) is 1.44. The van der Waals surface area contributed by atoms with E-state index in [0.29, 0.717) is 25.5 Å². The molecule has 2 aromatic carbocycles. The first-order chi connectivity index (χ1) is 11.5. The lowest BCUT2D eigenvalue weighted by molar-refractivity contribution is 0.0959. The standard InChI is InChI=1S/C17H11Cl3N2OS/c1-9-5-6-11-13(7-9)24-16(15(11)20)17(23)22-21-8-10-3-2-4-12(18)14(10)19/h2-8H,1H3,(H,22,23)/b21-8+. The summed E-state index contributed by atoms with van der Waals surface area (Å²) in [6, 6.07) is 11.1. The molecule has 122 valence electrons. The molecule has 0 saturated heterocycles. The normalized spacial score (nSPS) is 11.3. The molecule has 1 aromatic heterocycles. The summed E-state index contributed by atoms with van der Waals surface area (Å²) in [6.45, 7) is 1.99. The van der Waals surface area contributed by atoms with E-state index in [1.807, 2.05) is 25.1 Å². The number of carbonyl (C=O) groups is 1. The van der Waals surface area contributed by atoms with Crippen molar-refractivity contribution in [3.05, 3.63) is 67.5 Å². The highest BCUT2D eigenvalue weighted by atomic mass is 35.5. The molecule has 0 atom stereocenters. The van der Waals surface area contributed by atoms with Crippen molar-refractivity contribution in [3.8, 4) is 0 Å². The molecule has 0 spiro atoms. The van der Waals surface area contributed by atoms with Gasteiger partial charge in [-0.15, -0.1) is 11.3 Å². The zero-order valence-electron chi connectivity index (χ0n) is 12.4. The molecule has 0 unspecified atom stereocenters. The molecule has 24 heavy (non-hydrogen) atoms. The Morgan fingerprint density at radius 3 is 2.75 bits per heavy atom. The summed E-state index contributed by atoms with van der Waals surface area (Å²) in [7, 11) is 0. The Morgan fingerprint density at radius 2 is 1.96 bits per heavy atom. The Bertz CT molecular complexity index is 966. The Hall–Kier alpha value is -1.59. The number of benzene rings is 2. The third-order valence-corrected chi connectivity index (χ3v) is 5.83. The molecular formula is C17H11Cl3N2OS. The van der Waals surface area contributed by atoms with Crippen molar-refractivity contribution in [1.82, 2.24) is 5.43 Å². The molecule has 0 fully saturated rings. The summed E-state index contributed by atoms with van der Waals surface area (Å²) in [5, 5.41) is 6.03. The van der Waals surface area contributed by atoms with Crippen molar-refractivity contribution in [2.75, 3.05) is 0 Å². The molecule has 1 N–H and O–H groups in total. The van der Waals surface area contributed by atoms with E-state index in [-0.39, 0.29) is 5.91 Å². The van der Waals surface area contributed by atoms with Gasteiger partial charge in [0.25, 0.3) is 5.91 Å². The summed E-state index contributed by atoms with van der Waals surface area (Å²) in [5.41, 5.74) is 4.19. The number of hydrogen-bond donors (Lipinski definition) is 1. The van der Waals surface area contributed by atoms with E-state index in [0.717, 1.165) is 15.6 Å². The van der Waals surface area contributed by atoms with Crippen LogP contribution in [-0.4, -0.2) is 12.1 Å². The van der Waals surface area contributed by atoms with Gasteiger partial charge in [0.05, 0.1) is 21.3 Å². The molecule has 3 rings (SSSR count). The number of halogens is 3. The molecule has 1 amide bonds. The predicted molar refractivity (Wildman–Crippen MR) is 103 cm³/mol. The first kappa shape index (κ1) is 17.2. The van der Waals surface area contributed by atoms with Crippen LogP contribution in [0.5, 0.6) is 0 Å². The van der Waals surface area contributed by atoms with Crippen molar-refractivity contribution in [2.24, 2.45) is 5.10 Å². The van der Waals surface area contributed by atoms with Gasteiger partial charge in [-0.2, -0.15) is 5.10 Å². The molecule has 0 aliphatic rings. The highest BCUT2D eigenvalue weighted by molar-refractivity contribution is 7.21. The Morgan fingerprint density at radius 1 is 1.17 bits per heavy atom. The summed E-state index contributed by atoms with van der Waals surface area (Å²) in [4.78, 5) is 12.7. The average molecular weight is 398 g/mol. The van der Waals surface area contributed by atoms with E-state index < -0.39 is 0 Å². The average Bonchev–Trinajstić information content (AvgIpc) is 2.87. The number of amides is 1. The van der Waals surface area contributed by atoms with Crippen LogP contribution in [0.3, 0.4) is 0 Å². The highest BCUT2D eigenvalue weighted by Crippen LogP contribution is 2.35. The van der Waals surface area contributed by atoms with Gasteiger partial charge in [0.15, 0.2) is 0 Å². The Labute approximate surface area is 157 Å². The summed E-state index contributed by atoms with van der Waals surface area (Å²) in [5.74, 6) is -0.367. The van der Waals surface area contributed by atoms with Crippen LogP contribution in [0, 0.1) is 6.92 Å². The van der Waals surface area contributed by atoms with Gasteiger partial charge in [-0.25, -0.2) is 5.43 Å². The van der Waals surface area contributed by atoms with E-state index in [1.54, 1.807) is 18.2 Å². The van der Waals surface area contributed by atoms with Gasteiger partial charge in [0.2, 0.25) is 0 Å². The number of aryl methyl sites for hydroxylation is 1. The second-order valence-corrected chi connectivity index (χ2v) is 7.30. The molecular weight excluding hydrogens is 387 g/mol. The van der Waals surface area contributed by atoms with E-state index in [4.69, 9.17) is 34.8 Å². The number of nitrogens with one attached hydrogen (secondary N) is 1. The van der Waals surface area contributed by atoms with Gasteiger partial charge in [-0.3, -0.25) is 4.79 Å². The van der Waals surface area contributed by atoms with Crippen LogP contribution in [0.4, 0.5) is 0 Å². The van der Waals surface area contributed by atoms with Gasteiger partial charge in [-0.05, 0) is 24.6 Å². The first-order valence-electron chi connectivity index (χ1n) is 6.93. The maximum Gasteiger partial charge on any atom is 0.283 e. The zero-order valence-corrected chi connectivity index (χ0v) is 15.5. The quantitative estimate of drug-likeness (QED) is 0.431. The van der Waals surface area contributed by atoms with Gasteiger partial charge in [0, 0.05) is 15.6 Å². The van der Waals surface area contributed by atoms with Crippen molar-refractivity contribution >= 4 is 68.3 Å². The molecule has 7 heteroatoms. The number of rotatable bonds is 3. The van der Waals surface area contributed by atoms with Crippen molar-refractivity contribution in [1.29, 1.82) is 0 Å².